The highest BCUT2D eigenvalue weighted by Gasteiger charge is 2.09. The minimum atomic E-state index is -0.441. The third kappa shape index (κ3) is 4.63. The predicted molar refractivity (Wildman–Crippen MR) is 75.9 cm³/mol. The van der Waals surface area contributed by atoms with Gasteiger partial charge in [-0.2, -0.15) is 0 Å². The molecule has 0 saturated carbocycles. The fourth-order valence-electron chi connectivity index (χ4n) is 1.80. The largest absolute Gasteiger partial charge is 0.389 e. The summed E-state index contributed by atoms with van der Waals surface area (Å²) in [7, 11) is 4.15. The smallest absolute Gasteiger partial charge is 0.128 e. The molecule has 0 fully saturated rings. The first-order valence-corrected chi connectivity index (χ1v) is 6.58. The molecule has 1 heterocycles. The molecule has 0 amide bonds. The van der Waals surface area contributed by atoms with Crippen molar-refractivity contribution < 1.29 is 5.11 Å². The molecule has 0 bridgehead atoms. The monoisotopic (exact) mass is 251 g/mol. The Balaban J connectivity index is 2.80. The Kier molecular flexibility index (Phi) is 6.09. The standard InChI is InChI=1S/C14H25N3O/c1-5-8-17(10-9-16(3)4)14-11-13(12(2)18)6-7-15-14/h6-7,11-12,18H,5,8-10H2,1-4H3. The molecule has 102 valence electrons. The minimum absolute atomic E-state index is 0.441. The Bertz CT molecular complexity index is 353. The van der Waals surface area contributed by atoms with Gasteiger partial charge >= 0.3 is 0 Å². The first-order valence-electron chi connectivity index (χ1n) is 6.58. The van der Waals surface area contributed by atoms with Gasteiger partial charge in [0.15, 0.2) is 0 Å². The number of pyridine rings is 1. The van der Waals surface area contributed by atoms with Crippen LogP contribution in [-0.4, -0.2) is 48.7 Å². The first kappa shape index (κ1) is 14.9. The van der Waals surface area contributed by atoms with Crippen LogP contribution in [0.3, 0.4) is 0 Å². The highest BCUT2D eigenvalue weighted by Crippen LogP contribution is 2.18. The number of hydrogen-bond acceptors (Lipinski definition) is 4. The van der Waals surface area contributed by atoms with E-state index in [-0.39, 0.29) is 0 Å². The van der Waals surface area contributed by atoms with Crippen LogP contribution in [0.15, 0.2) is 18.3 Å². The fraction of sp³-hybridized carbons (Fsp3) is 0.643. The average molecular weight is 251 g/mol. The molecule has 1 aromatic heterocycles. The highest BCUT2D eigenvalue weighted by molar-refractivity contribution is 5.41. The maximum atomic E-state index is 9.62. The molecule has 0 spiro atoms. The third-order valence-electron chi connectivity index (χ3n) is 2.89. The molecule has 0 aliphatic heterocycles. The zero-order valence-electron chi connectivity index (χ0n) is 11.9. The number of rotatable bonds is 7. The van der Waals surface area contributed by atoms with Crippen LogP contribution in [0.4, 0.5) is 5.82 Å². The lowest BCUT2D eigenvalue weighted by atomic mass is 10.1. The van der Waals surface area contributed by atoms with E-state index in [4.69, 9.17) is 0 Å². The molecule has 4 heteroatoms. The summed E-state index contributed by atoms with van der Waals surface area (Å²) in [5.41, 5.74) is 0.922. The SMILES string of the molecule is CCCN(CCN(C)C)c1cc(C(C)O)ccn1. The van der Waals surface area contributed by atoms with Gasteiger partial charge in [-0.25, -0.2) is 4.98 Å². The molecule has 0 aliphatic carbocycles. The van der Waals surface area contributed by atoms with Crippen molar-refractivity contribution in [2.45, 2.75) is 26.4 Å². The summed E-state index contributed by atoms with van der Waals surface area (Å²) in [5.74, 6) is 0.956. The van der Waals surface area contributed by atoms with Gasteiger partial charge in [-0.15, -0.1) is 0 Å². The van der Waals surface area contributed by atoms with E-state index in [2.05, 4.69) is 35.8 Å². The molecule has 0 radical (unpaired) electrons. The number of aliphatic hydroxyl groups is 1. The maximum absolute atomic E-state index is 9.62. The molecule has 1 rings (SSSR count). The van der Waals surface area contributed by atoms with Gasteiger partial charge in [0, 0.05) is 25.8 Å². The maximum Gasteiger partial charge on any atom is 0.128 e. The fourth-order valence-corrected chi connectivity index (χ4v) is 1.80. The minimum Gasteiger partial charge on any atom is -0.389 e. The quantitative estimate of drug-likeness (QED) is 0.803. The molecule has 4 nitrogen and oxygen atoms in total. The van der Waals surface area contributed by atoms with Gasteiger partial charge < -0.3 is 14.9 Å². The summed E-state index contributed by atoms with van der Waals surface area (Å²) in [4.78, 5) is 8.85. The lowest BCUT2D eigenvalue weighted by molar-refractivity contribution is 0.199. The van der Waals surface area contributed by atoms with Gasteiger partial charge in [-0.05, 0) is 45.1 Å². The van der Waals surface area contributed by atoms with Crippen molar-refractivity contribution in [2.24, 2.45) is 0 Å². The van der Waals surface area contributed by atoms with Gasteiger partial charge in [0.25, 0.3) is 0 Å². The Morgan fingerprint density at radius 3 is 2.56 bits per heavy atom. The predicted octanol–water partition coefficient (Wildman–Crippen LogP) is 1.91. The molecule has 18 heavy (non-hydrogen) atoms. The summed E-state index contributed by atoms with van der Waals surface area (Å²) < 4.78 is 0. The van der Waals surface area contributed by atoms with E-state index in [9.17, 15) is 5.11 Å². The number of hydrogen-bond donors (Lipinski definition) is 1. The zero-order chi connectivity index (χ0) is 13.5. The second-order valence-electron chi connectivity index (χ2n) is 4.91. The van der Waals surface area contributed by atoms with Crippen LogP contribution in [0.5, 0.6) is 0 Å². The van der Waals surface area contributed by atoms with E-state index in [1.165, 1.54) is 0 Å². The van der Waals surface area contributed by atoms with Gasteiger partial charge in [-0.1, -0.05) is 6.92 Å². The summed E-state index contributed by atoms with van der Waals surface area (Å²) in [5, 5.41) is 9.62. The van der Waals surface area contributed by atoms with Crippen molar-refractivity contribution in [1.82, 2.24) is 9.88 Å². The molecule has 1 N–H and O–H groups in total. The normalized spacial score (nSPS) is 12.8. The summed E-state index contributed by atoms with van der Waals surface area (Å²) in [6.45, 7) is 6.89. The van der Waals surface area contributed by atoms with Crippen molar-refractivity contribution in [3.8, 4) is 0 Å². The van der Waals surface area contributed by atoms with E-state index < -0.39 is 6.10 Å². The number of aromatic nitrogens is 1. The van der Waals surface area contributed by atoms with E-state index in [0.717, 1.165) is 37.4 Å². The van der Waals surface area contributed by atoms with E-state index in [0.29, 0.717) is 0 Å². The highest BCUT2D eigenvalue weighted by atomic mass is 16.3. The lowest BCUT2D eigenvalue weighted by Crippen LogP contribution is -2.33. The molecule has 0 aliphatic rings. The van der Waals surface area contributed by atoms with E-state index >= 15 is 0 Å². The molecule has 0 saturated heterocycles. The molecule has 1 unspecified atom stereocenters. The average Bonchev–Trinajstić information content (AvgIpc) is 2.34. The Morgan fingerprint density at radius 2 is 2.00 bits per heavy atom. The number of likely N-dealkylation sites (N-methyl/N-ethyl adjacent to an activating group) is 1. The van der Waals surface area contributed by atoms with Crippen LogP contribution in [-0.2, 0) is 0 Å². The van der Waals surface area contributed by atoms with Crippen LogP contribution in [0, 0.1) is 0 Å². The van der Waals surface area contributed by atoms with Crippen LogP contribution < -0.4 is 4.90 Å². The van der Waals surface area contributed by atoms with Crippen LogP contribution in [0.25, 0.3) is 0 Å². The summed E-state index contributed by atoms with van der Waals surface area (Å²) in [6.07, 6.45) is 2.42. The van der Waals surface area contributed by atoms with Crippen LogP contribution in [0.1, 0.15) is 31.9 Å². The second-order valence-corrected chi connectivity index (χ2v) is 4.91. The van der Waals surface area contributed by atoms with Crippen molar-refractivity contribution >= 4 is 5.82 Å². The van der Waals surface area contributed by atoms with Crippen molar-refractivity contribution in [3.63, 3.8) is 0 Å². The van der Waals surface area contributed by atoms with Crippen molar-refractivity contribution in [3.05, 3.63) is 23.9 Å². The van der Waals surface area contributed by atoms with Gasteiger partial charge in [0.05, 0.1) is 6.10 Å². The Labute approximate surface area is 110 Å². The van der Waals surface area contributed by atoms with Gasteiger partial charge in [0.1, 0.15) is 5.82 Å². The van der Waals surface area contributed by atoms with Crippen molar-refractivity contribution in [1.29, 1.82) is 0 Å². The van der Waals surface area contributed by atoms with E-state index in [1.54, 1.807) is 13.1 Å². The summed E-state index contributed by atoms with van der Waals surface area (Å²) >= 11 is 0. The van der Waals surface area contributed by atoms with E-state index in [1.807, 2.05) is 12.1 Å². The van der Waals surface area contributed by atoms with Crippen molar-refractivity contribution in [2.75, 3.05) is 38.6 Å². The molecule has 0 aromatic carbocycles. The van der Waals surface area contributed by atoms with Gasteiger partial charge in [0.2, 0.25) is 0 Å². The number of anilines is 1. The van der Waals surface area contributed by atoms with Crippen LogP contribution >= 0.6 is 0 Å². The third-order valence-corrected chi connectivity index (χ3v) is 2.89. The second kappa shape index (κ2) is 7.34. The Hall–Kier alpha value is -1.13. The topological polar surface area (TPSA) is 39.6 Å². The summed E-state index contributed by atoms with van der Waals surface area (Å²) in [6, 6.07) is 3.85. The Morgan fingerprint density at radius 1 is 1.28 bits per heavy atom. The number of nitrogens with zero attached hydrogens (tertiary/aromatic N) is 3. The molecular weight excluding hydrogens is 226 g/mol. The zero-order valence-corrected chi connectivity index (χ0v) is 11.9. The van der Waals surface area contributed by atoms with Crippen LogP contribution in [0.2, 0.25) is 0 Å². The lowest BCUT2D eigenvalue weighted by Gasteiger charge is -2.25. The first-order chi connectivity index (χ1) is 8.54. The molecule has 1 atom stereocenters. The number of aliphatic hydroxyl groups excluding tert-OH is 1. The molecular formula is C14H25N3O. The van der Waals surface area contributed by atoms with Gasteiger partial charge in [-0.3, -0.25) is 0 Å². The molecule has 1 aromatic rings.